The first-order valence-corrected chi connectivity index (χ1v) is 8.09. The van der Waals surface area contributed by atoms with Crippen molar-refractivity contribution in [2.45, 2.75) is 25.8 Å². The Morgan fingerprint density at radius 3 is 3.04 bits per heavy atom. The number of H-pyrrole nitrogens is 1. The topological polar surface area (TPSA) is 83.7 Å². The average molecular weight is 320 g/mol. The second-order valence-electron chi connectivity index (χ2n) is 6.07. The van der Waals surface area contributed by atoms with Crippen molar-refractivity contribution in [2.75, 3.05) is 11.4 Å². The van der Waals surface area contributed by atoms with Gasteiger partial charge in [0.15, 0.2) is 17.2 Å². The van der Waals surface area contributed by atoms with Crippen LogP contribution in [0.15, 0.2) is 35.0 Å². The van der Waals surface area contributed by atoms with Crippen molar-refractivity contribution < 1.29 is 4.42 Å². The van der Waals surface area contributed by atoms with E-state index in [1.807, 2.05) is 25.1 Å². The van der Waals surface area contributed by atoms with Crippen LogP contribution in [0.2, 0.25) is 0 Å². The molecule has 4 aromatic rings. The van der Waals surface area contributed by atoms with Crippen molar-refractivity contribution in [1.82, 2.24) is 24.9 Å². The van der Waals surface area contributed by atoms with E-state index in [1.54, 1.807) is 0 Å². The Morgan fingerprint density at radius 2 is 2.12 bits per heavy atom. The van der Waals surface area contributed by atoms with Gasteiger partial charge in [0.05, 0.1) is 17.1 Å². The number of fused-ring (bicyclic) bond motifs is 2. The van der Waals surface area contributed by atoms with Crippen molar-refractivity contribution in [1.29, 1.82) is 0 Å². The molecule has 1 aliphatic heterocycles. The lowest BCUT2D eigenvalue weighted by molar-refractivity contribution is 0.551. The van der Waals surface area contributed by atoms with Gasteiger partial charge >= 0.3 is 0 Å². The molecule has 5 rings (SSSR count). The van der Waals surface area contributed by atoms with Gasteiger partial charge in [0.1, 0.15) is 12.2 Å². The third-order valence-corrected chi connectivity index (χ3v) is 4.53. The van der Waals surface area contributed by atoms with Crippen molar-refractivity contribution in [2.24, 2.45) is 0 Å². The van der Waals surface area contributed by atoms with Crippen LogP contribution in [-0.2, 0) is 0 Å². The summed E-state index contributed by atoms with van der Waals surface area (Å²) in [5.74, 6) is 2.40. The van der Waals surface area contributed by atoms with Crippen molar-refractivity contribution >= 4 is 28.1 Å². The van der Waals surface area contributed by atoms with Crippen molar-refractivity contribution in [3.05, 3.63) is 42.3 Å². The van der Waals surface area contributed by atoms with E-state index in [9.17, 15) is 0 Å². The summed E-state index contributed by atoms with van der Waals surface area (Å²) in [7, 11) is 0. The Morgan fingerprint density at radius 1 is 1.21 bits per heavy atom. The predicted octanol–water partition coefficient (Wildman–Crippen LogP) is 3.14. The molecule has 0 amide bonds. The summed E-state index contributed by atoms with van der Waals surface area (Å²) in [4.78, 5) is 23.6. The first kappa shape index (κ1) is 13.5. The lowest BCUT2D eigenvalue weighted by Gasteiger charge is -2.23. The highest BCUT2D eigenvalue weighted by molar-refractivity contribution is 5.82. The van der Waals surface area contributed by atoms with E-state index in [-0.39, 0.29) is 6.04 Å². The van der Waals surface area contributed by atoms with Crippen molar-refractivity contribution in [3.8, 4) is 0 Å². The third kappa shape index (κ3) is 1.97. The number of aromatic amines is 1. The van der Waals surface area contributed by atoms with Gasteiger partial charge in [0.25, 0.3) is 5.71 Å². The molecule has 7 heteroatoms. The Bertz CT molecular complexity index is 1000. The van der Waals surface area contributed by atoms with E-state index in [2.05, 4.69) is 30.9 Å². The maximum absolute atomic E-state index is 5.54. The fourth-order valence-corrected chi connectivity index (χ4v) is 3.49. The number of aryl methyl sites for hydroxylation is 1. The SMILES string of the molecule is Cc1nc2c(N3CCCC3c3nc4ccccc4[nH]3)ncnc2o1. The Kier molecular flexibility index (Phi) is 2.82. The fraction of sp³-hybridized carbons (Fsp3) is 0.294. The lowest BCUT2D eigenvalue weighted by atomic mass is 10.2. The number of nitrogens with zero attached hydrogens (tertiary/aromatic N) is 5. The Labute approximate surface area is 137 Å². The standard InChI is InChI=1S/C17H16N6O/c1-10-20-14-16(18-9-19-17(14)24-10)23-8-4-7-13(23)15-21-11-5-2-3-6-12(11)22-15/h2-3,5-6,9,13H,4,7-8H2,1H3,(H,21,22). The number of para-hydroxylation sites is 2. The minimum absolute atomic E-state index is 0.160. The number of nitrogens with one attached hydrogen (secondary N) is 1. The maximum Gasteiger partial charge on any atom is 0.252 e. The molecule has 0 bridgehead atoms. The molecule has 1 aliphatic rings. The number of hydrogen-bond donors (Lipinski definition) is 1. The van der Waals surface area contributed by atoms with Crippen LogP contribution in [0.5, 0.6) is 0 Å². The maximum atomic E-state index is 5.54. The molecular formula is C17H16N6O. The van der Waals surface area contributed by atoms with E-state index in [4.69, 9.17) is 9.40 Å². The van der Waals surface area contributed by atoms with E-state index in [0.717, 1.165) is 47.6 Å². The summed E-state index contributed by atoms with van der Waals surface area (Å²) in [5, 5.41) is 0. The molecule has 1 aromatic carbocycles. The zero-order valence-electron chi connectivity index (χ0n) is 13.2. The number of imidazole rings is 1. The van der Waals surface area contributed by atoms with Gasteiger partial charge in [-0.3, -0.25) is 0 Å². The molecule has 0 radical (unpaired) electrons. The number of rotatable bonds is 2. The second kappa shape index (κ2) is 5.02. The van der Waals surface area contributed by atoms with Gasteiger partial charge in [0.2, 0.25) is 0 Å². The first-order valence-electron chi connectivity index (χ1n) is 8.09. The zero-order chi connectivity index (χ0) is 16.1. The molecule has 7 nitrogen and oxygen atoms in total. The highest BCUT2D eigenvalue weighted by Crippen LogP contribution is 2.37. The van der Waals surface area contributed by atoms with Gasteiger partial charge in [-0.15, -0.1) is 0 Å². The Balaban J connectivity index is 1.61. The molecule has 1 atom stereocenters. The normalized spacial score (nSPS) is 18.0. The van der Waals surface area contributed by atoms with Gasteiger partial charge in [0, 0.05) is 13.5 Å². The van der Waals surface area contributed by atoms with Crippen molar-refractivity contribution in [3.63, 3.8) is 0 Å². The van der Waals surface area contributed by atoms with Gasteiger partial charge in [-0.2, -0.15) is 4.98 Å². The molecule has 1 fully saturated rings. The van der Waals surface area contributed by atoms with Crippen LogP contribution in [-0.4, -0.2) is 31.5 Å². The molecule has 120 valence electrons. The number of aromatic nitrogens is 5. The van der Waals surface area contributed by atoms with Crippen LogP contribution in [0.3, 0.4) is 0 Å². The van der Waals surface area contributed by atoms with E-state index < -0.39 is 0 Å². The van der Waals surface area contributed by atoms with Gasteiger partial charge in [-0.25, -0.2) is 15.0 Å². The summed E-state index contributed by atoms with van der Waals surface area (Å²) in [6.07, 6.45) is 3.66. The smallest absolute Gasteiger partial charge is 0.252 e. The molecule has 1 unspecified atom stereocenters. The summed E-state index contributed by atoms with van der Waals surface area (Å²) >= 11 is 0. The number of oxazole rings is 1. The summed E-state index contributed by atoms with van der Waals surface area (Å²) in [6, 6.07) is 8.26. The molecule has 24 heavy (non-hydrogen) atoms. The first-order chi connectivity index (χ1) is 11.8. The van der Waals surface area contributed by atoms with Crippen LogP contribution in [0, 0.1) is 6.92 Å². The van der Waals surface area contributed by atoms with Crippen LogP contribution in [0.25, 0.3) is 22.3 Å². The highest BCUT2D eigenvalue weighted by Gasteiger charge is 2.31. The molecule has 1 saturated heterocycles. The molecule has 0 aliphatic carbocycles. The number of hydrogen-bond acceptors (Lipinski definition) is 6. The van der Waals surface area contributed by atoms with E-state index in [1.165, 1.54) is 6.33 Å². The van der Waals surface area contributed by atoms with Crippen LogP contribution < -0.4 is 4.90 Å². The summed E-state index contributed by atoms with van der Waals surface area (Å²) in [5.41, 5.74) is 3.31. The Hall–Kier alpha value is -2.96. The third-order valence-electron chi connectivity index (χ3n) is 4.53. The zero-order valence-corrected chi connectivity index (χ0v) is 13.2. The van der Waals surface area contributed by atoms with Gasteiger partial charge < -0.3 is 14.3 Å². The van der Waals surface area contributed by atoms with Crippen LogP contribution in [0.4, 0.5) is 5.82 Å². The molecular weight excluding hydrogens is 304 g/mol. The molecule has 0 saturated carbocycles. The fourth-order valence-electron chi connectivity index (χ4n) is 3.49. The minimum atomic E-state index is 0.160. The van der Waals surface area contributed by atoms with Gasteiger partial charge in [-0.1, -0.05) is 12.1 Å². The molecule has 4 heterocycles. The number of anilines is 1. The average Bonchev–Trinajstić information content (AvgIpc) is 3.30. The monoisotopic (exact) mass is 320 g/mol. The molecule has 1 N–H and O–H groups in total. The highest BCUT2D eigenvalue weighted by atomic mass is 16.4. The predicted molar refractivity (Wildman–Crippen MR) is 89.8 cm³/mol. The molecule has 0 spiro atoms. The number of benzene rings is 1. The van der Waals surface area contributed by atoms with E-state index >= 15 is 0 Å². The summed E-state index contributed by atoms with van der Waals surface area (Å²) < 4.78 is 5.54. The lowest BCUT2D eigenvalue weighted by Crippen LogP contribution is -2.24. The van der Waals surface area contributed by atoms with Gasteiger partial charge in [-0.05, 0) is 25.0 Å². The van der Waals surface area contributed by atoms with E-state index in [0.29, 0.717) is 11.6 Å². The van der Waals surface area contributed by atoms with Crippen LogP contribution in [0.1, 0.15) is 30.6 Å². The largest absolute Gasteiger partial charge is 0.422 e. The quantitative estimate of drug-likeness (QED) is 0.611. The minimum Gasteiger partial charge on any atom is -0.422 e. The summed E-state index contributed by atoms with van der Waals surface area (Å²) in [6.45, 7) is 2.74. The van der Waals surface area contributed by atoms with Crippen LogP contribution >= 0.6 is 0 Å². The molecule has 3 aromatic heterocycles. The second-order valence-corrected chi connectivity index (χ2v) is 6.07.